The Kier molecular flexibility index (Phi) is 11.8. The molecule has 0 aliphatic heterocycles. The van der Waals surface area contributed by atoms with Gasteiger partial charge in [-0.2, -0.15) is 5.26 Å². The summed E-state index contributed by atoms with van der Waals surface area (Å²) in [6, 6.07) is 4.48. The van der Waals surface area contributed by atoms with Crippen molar-refractivity contribution in [2.45, 2.75) is 65.6 Å². The molecule has 0 heterocycles. The van der Waals surface area contributed by atoms with E-state index in [9.17, 15) is 29.5 Å². The van der Waals surface area contributed by atoms with E-state index in [0.717, 1.165) is 10.5 Å². The summed E-state index contributed by atoms with van der Waals surface area (Å²) >= 11 is 0. The van der Waals surface area contributed by atoms with Crippen LogP contribution in [0.25, 0.3) is 0 Å². The number of aliphatic hydroxyl groups is 1. The topological polar surface area (TPSA) is 158 Å². The molecule has 0 aromatic heterocycles. The minimum absolute atomic E-state index is 0.0484. The zero-order valence-corrected chi connectivity index (χ0v) is 21.7. The molecule has 0 aliphatic carbocycles. The number of ether oxygens (including phenoxy) is 2. The number of alkyl carbamates (subject to hydrolysis) is 1. The van der Waals surface area contributed by atoms with E-state index in [1.165, 1.54) is 0 Å². The first-order valence-corrected chi connectivity index (χ1v) is 11.6. The fraction of sp³-hybridized carbons (Fsp3) is 0.560. The van der Waals surface area contributed by atoms with Crippen LogP contribution >= 0.6 is 0 Å². The lowest BCUT2D eigenvalue weighted by atomic mass is 9.96. The molecule has 11 heteroatoms. The van der Waals surface area contributed by atoms with Gasteiger partial charge in [0, 0.05) is 6.54 Å². The summed E-state index contributed by atoms with van der Waals surface area (Å²) in [5.41, 5.74) is 1.11. The first-order chi connectivity index (χ1) is 16.8. The van der Waals surface area contributed by atoms with Gasteiger partial charge < -0.3 is 30.1 Å². The van der Waals surface area contributed by atoms with Crippen molar-refractivity contribution in [1.82, 2.24) is 15.5 Å². The normalized spacial score (nSPS) is 12.5. The number of carbonyl (C=O) groups is 4. The second kappa shape index (κ2) is 14.0. The Labute approximate surface area is 211 Å². The molecule has 0 radical (unpaired) electrons. The first-order valence-electron chi connectivity index (χ1n) is 11.6. The lowest BCUT2D eigenvalue weighted by Crippen LogP contribution is -2.54. The Morgan fingerprint density at radius 3 is 2.42 bits per heavy atom. The smallest absolute Gasteiger partial charge is 0.408 e. The van der Waals surface area contributed by atoms with Gasteiger partial charge in [0.05, 0.1) is 25.7 Å². The highest BCUT2D eigenvalue weighted by Gasteiger charge is 2.36. The summed E-state index contributed by atoms with van der Waals surface area (Å²) < 4.78 is 10.0. The minimum Gasteiger partial charge on any atom is -0.466 e. The number of benzene rings is 1. The van der Waals surface area contributed by atoms with Gasteiger partial charge >= 0.3 is 12.1 Å². The van der Waals surface area contributed by atoms with Crippen molar-refractivity contribution in [1.29, 1.82) is 5.26 Å². The van der Waals surface area contributed by atoms with Crippen LogP contribution in [0.15, 0.2) is 18.2 Å². The number of hydrogen-bond donors (Lipinski definition) is 3. The largest absolute Gasteiger partial charge is 0.466 e. The predicted molar refractivity (Wildman–Crippen MR) is 130 cm³/mol. The summed E-state index contributed by atoms with van der Waals surface area (Å²) in [5, 5.41) is 24.2. The van der Waals surface area contributed by atoms with E-state index in [0.29, 0.717) is 11.1 Å². The maximum atomic E-state index is 13.4. The molecule has 2 atom stereocenters. The monoisotopic (exact) mass is 504 g/mol. The number of amides is 3. The maximum absolute atomic E-state index is 13.4. The molecule has 11 nitrogen and oxygen atoms in total. The van der Waals surface area contributed by atoms with E-state index in [-0.39, 0.29) is 19.6 Å². The van der Waals surface area contributed by atoms with Gasteiger partial charge in [0.2, 0.25) is 11.8 Å². The SMILES string of the molecule is CCOC(=O)CCNC(=O)C(c1cc(C)ccc1C)N(CC#N)C(=O)C(CO)NC(=O)OC(C)(C)C. The molecular formula is C25H36N4O7. The number of aliphatic hydroxyl groups excluding tert-OH is 1. The molecule has 198 valence electrons. The van der Waals surface area contributed by atoms with E-state index < -0.39 is 54.7 Å². The van der Waals surface area contributed by atoms with Gasteiger partial charge in [0.25, 0.3) is 0 Å². The maximum Gasteiger partial charge on any atom is 0.408 e. The summed E-state index contributed by atoms with van der Waals surface area (Å²) in [4.78, 5) is 51.7. The van der Waals surface area contributed by atoms with Gasteiger partial charge in [-0.3, -0.25) is 14.4 Å². The van der Waals surface area contributed by atoms with E-state index in [1.807, 2.05) is 19.1 Å². The summed E-state index contributed by atoms with van der Waals surface area (Å²) in [7, 11) is 0. The third-order valence-electron chi connectivity index (χ3n) is 4.92. The molecule has 0 aliphatic rings. The second-order valence-electron chi connectivity index (χ2n) is 9.11. The molecule has 0 fully saturated rings. The van der Waals surface area contributed by atoms with Crippen molar-refractivity contribution < 1.29 is 33.8 Å². The highest BCUT2D eigenvalue weighted by Crippen LogP contribution is 2.26. The zero-order valence-electron chi connectivity index (χ0n) is 21.7. The van der Waals surface area contributed by atoms with Crippen LogP contribution in [0.2, 0.25) is 0 Å². The van der Waals surface area contributed by atoms with Crippen molar-refractivity contribution in [3.8, 4) is 6.07 Å². The van der Waals surface area contributed by atoms with Crippen molar-refractivity contribution >= 4 is 23.9 Å². The molecule has 1 rings (SSSR count). The van der Waals surface area contributed by atoms with E-state index in [4.69, 9.17) is 9.47 Å². The van der Waals surface area contributed by atoms with Crippen LogP contribution in [0.4, 0.5) is 4.79 Å². The fourth-order valence-corrected chi connectivity index (χ4v) is 3.33. The first kappa shape index (κ1) is 30.4. The summed E-state index contributed by atoms with van der Waals surface area (Å²) in [6.07, 6.45) is -1.01. The molecule has 0 saturated carbocycles. The Bertz CT molecular complexity index is 982. The minimum atomic E-state index is -1.46. The van der Waals surface area contributed by atoms with Gasteiger partial charge in [-0.05, 0) is 52.7 Å². The molecule has 3 amide bonds. The van der Waals surface area contributed by atoms with Crippen LogP contribution in [0.5, 0.6) is 0 Å². The molecule has 36 heavy (non-hydrogen) atoms. The van der Waals surface area contributed by atoms with Crippen LogP contribution in [0, 0.1) is 25.2 Å². The number of carbonyl (C=O) groups excluding carboxylic acids is 4. The van der Waals surface area contributed by atoms with Crippen LogP contribution < -0.4 is 10.6 Å². The molecule has 3 N–H and O–H groups in total. The van der Waals surface area contributed by atoms with E-state index in [1.54, 1.807) is 46.8 Å². The van der Waals surface area contributed by atoms with E-state index >= 15 is 0 Å². The molecule has 1 aromatic carbocycles. The highest BCUT2D eigenvalue weighted by atomic mass is 16.6. The number of nitrogens with one attached hydrogen (secondary N) is 2. The average molecular weight is 505 g/mol. The molecule has 0 saturated heterocycles. The lowest BCUT2D eigenvalue weighted by molar-refractivity contribution is -0.144. The van der Waals surface area contributed by atoms with Crippen molar-refractivity contribution in [2.75, 3.05) is 26.3 Å². The number of nitriles is 1. The third-order valence-corrected chi connectivity index (χ3v) is 4.92. The van der Waals surface area contributed by atoms with Crippen molar-refractivity contribution in [3.05, 3.63) is 34.9 Å². The van der Waals surface area contributed by atoms with Crippen molar-refractivity contribution in [3.63, 3.8) is 0 Å². The van der Waals surface area contributed by atoms with E-state index in [2.05, 4.69) is 10.6 Å². The van der Waals surface area contributed by atoms with Crippen LogP contribution in [-0.4, -0.2) is 71.8 Å². The average Bonchev–Trinajstić information content (AvgIpc) is 2.78. The quantitative estimate of drug-likeness (QED) is 0.303. The zero-order chi connectivity index (χ0) is 27.5. The standard InChI is InChI=1S/C25H36N4O7/c1-7-35-20(31)10-12-27-22(32)21(18-14-16(2)8-9-17(18)3)29(13-11-26)23(33)19(15-30)28-24(34)36-25(4,5)6/h8-9,14,19,21,30H,7,10,12-13,15H2,1-6H3,(H,27,32)(H,28,34). The Morgan fingerprint density at radius 1 is 1.19 bits per heavy atom. The predicted octanol–water partition coefficient (Wildman–Crippen LogP) is 1.65. The van der Waals surface area contributed by atoms with Gasteiger partial charge in [-0.1, -0.05) is 23.8 Å². The van der Waals surface area contributed by atoms with Gasteiger partial charge in [-0.15, -0.1) is 0 Å². The number of hydrogen-bond acceptors (Lipinski definition) is 8. The number of aryl methyl sites for hydroxylation is 2. The van der Waals surface area contributed by atoms with Crippen molar-refractivity contribution in [2.24, 2.45) is 0 Å². The molecule has 0 bridgehead atoms. The third kappa shape index (κ3) is 9.54. The number of esters is 1. The molecular weight excluding hydrogens is 468 g/mol. The summed E-state index contributed by atoms with van der Waals surface area (Å²) in [5.74, 6) is -1.98. The Balaban J connectivity index is 3.34. The Hall–Kier alpha value is -3.65. The van der Waals surface area contributed by atoms with Crippen LogP contribution in [-0.2, 0) is 23.9 Å². The van der Waals surface area contributed by atoms with Gasteiger partial charge in [-0.25, -0.2) is 4.79 Å². The van der Waals surface area contributed by atoms with Gasteiger partial charge in [0.1, 0.15) is 24.2 Å². The molecule has 2 unspecified atom stereocenters. The summed E-state index contributed by atoms with van der Waals surface area (Å²) in [6.45, 7) is 9.02. The molecule has 1 aromatic rings. The highest BCUT2D eigenvalue weighted by molar-refractivity contribution is 5.92. The number of nitrogens with zero attached hydrogens (tertiary/aromatic N) is 2. The number of rotatable bonds is 11. The van der Waals surface area contributed by atoms with Crippen LogP contribution in [0.3, 0.4) is 0 Å². The molecule has 0 spiro atoms. The van der Waals surface area contributed by atoms with Gasteiger partial charge in [0.15, 0.2) is 0 Å². The fourth-order valence-electron chi connectivity index (χ4n) is 3.33. The second-order valence-corrected chi connectivity index (χ2v) is 9.11. The lowest BCUT2D eigenvalue weighted by Gasteiger charge is -2.33. The van der Waals surface area contributed by atoms with Crippen LogP contribution in [0.1, 0.15) is 56.8 Å². The Morgan fingerprint density at radius 2 is 1.86 bits per heavy atom.